The van der Waals surface area contributed by atoms with Crippen molar-refractivity contribution in [3.05, 3.63) is 64.2 Å². The molecule has 1 saturated heterocycles. The Bertz CT molecular complexity index is 1230. The third-order valence-electron chi connectivity index (χ3n) is 5.98. The monoisotopic (exact) mass is 464 g/mol. The molecule has 178 valence electrons. The molecule has 9 nitrogen and oxygen atoms in total. The second-order valence-corrected chi connectivity index (χ2v) is 8.16. The van der Waals surface area contributed by atoms with E-state index in [-0.39, 0.29) is 17.4 Å². The van der Waals surface area contributed by atoms with E-state index in [1.807, 2.05) is 12.1 Å². The molecule has 1 aliphatic rings. The molecule has 0 unspecified atom stereocenters. The van der Waals surface area contributed by atoms with E-state index in [0.29, 0.717) is 79.2 Å². The lowest BCUT2D eigenvalue weighted by atomic mass is 10.1. The van der Waals surface area contributed by atoms with Crippen LogP contribution in [-0.4, -0.2) is 72.0 Å². The van der Waals surface area contributed by atoms with Gasteiger partial charge in [-0.2, -0.15) is 0 Å². The maximum atomic E-state index is 12.9. The van der Waals surface area contributed by atoms with E-state index in [4.69, 9.17) is 9.47 Å². The number of H-pyrrole nitrogens is 1. The van der Waals surface area contributed by atoms with Crippen LogP contribution in [0.25, 0.3) is 10.9 Å². The van der Waals surface area contributed by atoms with E-state index < -0.39 is 0 Å². The number of piperazine rings is 1. The third-order valence-corrected chi connectivity index (χ3v) is 5.98. The number of aromatic nitrogens is 2. The highest BCUT2D eigenvalue weighted by Crippen LogP contribution is 2.24. The molecule has 3 aromatic rings. The smallest absolute Gasteiger partial charge is 0.258 e. The molecule has 1 aliphatic heterocycles. The minimum absolute atomic E-state index is 0.0401. The van der Waals surface area contributed by atoms with Gasteiger partial charge in [-0.1, -0.05) is 12.1 Å². The SMILES string of the molecule is COc1cc(OC)cc(C(=O)N2CCN(C(=O)CCCc3nc4ccccc4c(=O)[nH]3)CC2)c1. The van der Waals surface area contributed by atoms with Crippen molar-refractivity contribution in [3.8, 4) is 11.5 Å². The summed E-state index contributed by atoms with van der Waals surface area (Å²) in [5, 5.41) is 0.558. The fraction of sp³-hybridized carbons (Fsp3) is 0.360. The second-order valence-electron chi connectivity index (χ2n) is 8.16. The van der Waals surface area contributed by atoms with Crippen LogP contribution in [0.2, 0.25) is 0 Å². The Labute approximate surface area is 197 Å². The quantitative estimate of drug-likeness (QED) is 0.575. The number of rotatable bonds is 7. The van der Waals surface area contributed by atoms with Crippen LogP contribution in [0.5, 0.6) is 11.5 Å². The van der Waals surface area contributed by atoms with E-state index in [2.05, 4.69) is 9.97 Å². The fourth-order valence-electron chi connectivity index (χ4n) is 4.09. The molecule has 0 radical (unpaired) electrons. The maximum absolute atomic E-state index is 12.9. The van der Waals surface area contributed by atoms with Gasteiger partial charge in [0.2, 0.25) is 5.91 Å². The number of aryl methyl sites for hydroxylation is 1. The lowest BCUT2D eigenvalue weighted by Gasteiger charge is -2.35. The highest BCUT2D eigenvalue weighted by atomic mass is 16.5. The molecular weight excluding hydrogens is 436 g/mol. The van der Waals surface area contributed by atoms with Gasteiger partial charge in [0.1, 0.15) is 17.3 Å². The zero-order valence-corrected chi connectivity index (χ0v) is 19.4. The first-order valence-corrected chi connectivity index (χ1v) is 11.3. The van der Waals surface area contributed by atoms with Crippen LogP contribution in [0.1, 0.15) is 29.0 Å². The Balaban J connectivity index is 1.28. The van der Waals surface area contributed by atoms with Gasteiger partial charge in [0.05, 0.1) is 25.1 Å². The Morgan fingerprint density at radius 3 is 2.29 bits per heavy atom. The van der Waals surface area contributed by atoms with E-state index in [1.165, 1.54) is 0 Å². The van der Waals surface area contributed by atoms with Crippen molar-refractivity contribution in [1.29, 1.82) is 0 Å². The first kappa shape index (κ1) is 23.3. The number of carbonyl (C=O) groups is 2. The van der Waals surface area contributed by atoms with Crippen LogP contribution in [0.4, 0.5) is 0 Å². The lowest BCUT2D eigenvalue weighted by Crippen LogP contribution is -2.50. The molecule has 1 N–H and O–H groups in total. The molecule has 1 aromatic heterocycles. The minimum Gasteiger partial charge on any atom is -0.497 e. The van der Waals surface area contributed by atoms with Crippen LogP contribution in [0.3, 0.4) is 0 Å². The van der Waals surface area contributed by atoms with E-state index in [9.17, 15) is 14.4 Å². The average molecular weight is 465 g/mol. The Morgan fingerprint density at radius 1 is 0.971 bits per heavy atom. The number of amides is 2. The third kappa shape index (κ3) is 5.19. The molecule has 0 bridgehead atoms. The molecule has 2 amide bonds. The van der Waals surface area contributed by atoms with Gasteiger partial charge in [0.25, 0.3) is 11.5 Å². The summed E-state index contributed by atoms with van der Waals surface area (Å²) in [6.07, 6.45) is 1.46. The molecule has 0 aliphatic carbocycles. The number of benzene rings is 2. The number of methoxy groups -OCH3 is 2. The summed E-state index contributed by atoms with van der Waals surface area (Å²) in [6, 6.07) is 12.3. The number of hydrogen-bond donors (Lipinski definition) is 1. The van der Waals surface area contributed by atoms with Gasteiger partial charge >= 0.3 is 0 Å². The van der Waals surface area contributed by atoms with Gasteiger partial charge < -0.3 is 24.3 Å². The molecule has 4 rings (SSSR count). The zero-order valence-electron chi connectivity index (χ0n) is 19.4. The first-order valence-electron chi connectivity index (χ1n) is 11.3. The van der Waals surface area contributed by atoms with Crippen LogP contribution in [-0.2, 0) is 11.2 Å². The number of aromatic amines is 1. The summed E-state index contributed by atoms with van der Waals surface area (Å²) in [6.45, 7) is 1.89. The molecule has 0 saturated carbocycles. The Morgan fingerprint density at radius 2 is 1.62 bits per heavy atom. The number of nitrogens with one attached hydrogen (secondary N) is 1. The highest BCUT2D eigenvalue weighted by molar-refractivity contribution is 5.95. The average Bonchev–Trinajstić information content (AvgIpc) is 2.88. The summed E-state index contributed by atoms with van der Waals surface area (Å²) in [7, 11) is 3.09. The van der Waals surface area contributed by atoms with Gasteiger partial charge in [-0.25, -0.2) is 4.98 Å². The van der Waals surface area contributed by atoms with Crippen molar-refractivity contribution in [2.75, 3.05) is 40.4 Å². The predicted octanol–water partition coefficient (Wildman–Crippen LogP) is 2.25. The number of hydrogen-bond acceptors (Lipinski definition) is 6. The second kappa shape index (κ2) is 10.4. The minimum atomic E-state index is -0.165. The van der Waals surface area contributed by atoms with Crippen molar-refractivity contribution in [2.24, 2.45) is 0 Å². The van der Waals surface area contributed by atoms with Gasteiger partial charge in [0, 0.05) is 50.7 Å². The zero-order chi connectivity index (χ0) is 24.1. The summed E-state index contributed by atoms with van der Waals surface area (Å²) in [4.78, 5) is 48.6. The first-order chi connectivity index (χ1) is 16.5. The van der Waals surface area contributed by atoms with Crippen LogP contribution in [0.15, 0.2) is 47.3 Å². The van der Waals surface area contributed by atoms with Gasteiger partial charge in [-0.15, -0.1) is 0 Å². The molecule has 1 fully saturated rings. The molecule has 0 spiro atoms. The van der Waals surface area contributed by atoms with Crippen LogP contribution >= 0.6 is 0 Å². The number of carbonyl (C=O) groups excluding carboxylic acids is 2. The summed E-state index contributed by atoms with van der Waals surface area (Å²) in [5.41, 5.74) is 0.983. The van der Waals surface area contributed by atoms with Crippen molar-refractivity contribution in [2.45, 2.75) is 19.3 Å². The van der Waals surface area contributed by atoms with Crippen molar-refractivity contribution in [1.82, 2.24) is 19.8 Å². The molecule has 34 heavy (non-hydrogen) atoms. The van der Waals surface area contributed by atoms with Gasteiger partial charge in [-0.05, 0) is 30.7 Å². The standard InChI is InChI=1S/C25H28N4O5/c1-33-18-14-17(15-19(16-18)34-2)25(32)29-12-10-28(11-13-29)23(30)9-5-8-22-26-21-7-4-3-6-20(21)24(31)27-22/h3-4,6-7,14-16H,5,8-13H2,1-2H3,(H,26,27,31). The van der Waals surface area contributed by atoms with Crippen molar-refractivity contribution >= 4 is 22.7 Å². The molecule has 0 atom stereocenters. The van der Waals surface area contributed by atoms with Crippen molar-refractivity contribution < 1.29 is 19.1 Å². The highest BCUT2D eigenvalue weighted by Gasteiger charge is 2.25. The van der Waals surface area contributed by atoms with Crippen LogP contribution < -0.4 is 15.0 Å². The molecule has 2 aromatic carbocycles. The van der Waals surface area contributed by atoms with Crippen LogP contribution in [0, 0.1) is 0 Å². The summed E-state index contributed by atoms with van der Waals surface area (Å²) < 4.78 is 10.5. The number of para-hydroxylation sites is 1. The maximum Gasteiger partial charge on any atom is 0.258 e. The predicted molar refractivity (Wildman–Crippen MR) is 127 cm³/mol. The lowest BCUT2D eigenvalue weighted by molar-refractivity contribution is -0.132. The Hall–Kier alpha value is -3.88. The molecule has 2 heterocycles. The van der Waals surface area contributed by atoms with Gasteiger partial charge in [-0.3, -0.25) is 14.4 Å². The molecular formula is C25H28N4O5. The summed E-state index contributed by atoms with van der Waals surface area (Å²) >= 11 is 0. The Kier molecular flexibility index (Phi) is 7.10. The van der Waals surface area contributed by atoms with E-state index >= 15 is 0 Å². The number of ether oxygens (including phenoxy) is 2. The van der Waals surface area contributed by atoms with E-state index in [1.54, 1.807) is 54.4 Å². The molecule has 9 heteroatoms. The number of fused-ring (bicyclic) bond motifs is 1. The van der Waals surface area contributed by atoms with Gasteiger partial charge in [0.15, 0.2) is 0 Å². The largest absolute Gasteiger partial charge is 0.497 e. The fourth-order valence-corrected chi connectivity index (χ4v) is 4.09. The number of nitrogens with zero attached hydrogens (tertiary/aromatic N) is 3. The topological polar surface area (TPSA) is 105 Å². The van der Waals surface area contributed by atoms with Crippen molar-refractivity contribution in [3.63, 3.8) is 0 Å². The normalized spacial score (nSPS) is 13.7. The van der Waals surface area contributed by atoms with E-state index in [0.717, 1.165) is 0 Å². The summed E-state index contributed by atoms with van der Waals surface area (Å²) in [5.74, 6) is 1.62.